The first-order valence-electron chi connectivity index (χ1n) is 5.86. The summed E-state index contributed by atoms with van der Waals surface area (Å²) in [5, 5.41) is 0. The lowest BCUT2D eigenvalue weighted by Crippen LogP contribution is -2.13. The molecule has 0 heterocycles. The number of unbranched alkanes of at least 4 members (excludes halogenated alkanes) is 5. The second-order valence-corrected chi connectivity index (χ2v) is 3.99. The Bertz CT molecular complexity index is 178. The third kappa shape index (κ3) is 8.16. The molecule has 1 atom stereocenters. The maximum atomic E-state index is 11.1. The van der Waals surface area contributed by atoms with Crippen LogP contribution in [0.25, 0.3) is 0 Å². The molecule has 0 amide bonds. The van der Waals surface area contributed by atoms with Crippen LogP contribution in [0.15, 0.2) is 0 Å². The highest BCUT2D eigenvalue weighted by atomic mass is 16.6. The van der Waals surface area contributed by atoms with Gasteiger partial charge in [0.1, 0.15) is 0 Å². The summed E-state index contributed by atoms with van der Waals surface area (Å²) >= 11 is 0. The molecule has 0 aromatic carbocycles. The van der Waals surface area contributed by atoms with E-state index in [0.717, 1.165) is 12.8 Å². The van der Waals surface area contributed by atoms with E-state index in [2.05, 4.69) is 11.7 Å². The number of hydrogen-bond acceptors (Lipinski definition) is 3. The number of rotatable bonds is 9. The van der Waals surface area contributed by atoms with Crippen molar-refractivity contribution in [2.75, 3.05) is 0 Å². The van der Waals surface area contributed by atoms with E-state index in [1.807, 2.05) is 0 Å². The summed E-state index contributed by atoms with van der Waals surface area (Å²) in [6.45, 7) is 4.20. The quantitative estimate of drug-likeness (QED) is 0.256. The van der Waals surface area contributed by atoms with Crippen molar-refractivity contribution in [3.63, 3.8) is 0 Å². The molecule has 0 aliphatic carbocycles. The number of carbonyl (C=O) groups is 2. The van der Waals surface area contributed by atoms with Crippen LogP contribution in [0.1, 0.15) is 58.8 Å². The number of hydrogen-bond donors (Lipinski definition) is 0. The summed E-state index contributed by atoms with van der Waals surface area (Å²) in [6, 6.07) is 0. The van der Waals surface area contributed by atoms with E-state index in [-0.39, 0.29) is 12.4 Å². The van der Waals surface area contributed by atoms with Crippen molar-refractivity contribution in [3.05, 3.63) is 0 Å². The van der Waals surface area contributed by atoms with E-state index in [1.165, 1.54) is 32.1 Å². The average Bonchev–Trinajstić information content (AvgIpc) is 2.23. The molecule has 88 valence electrons. The highest BCUT2D eigenvalue weighted by Crippen LogP contribution is 2.12. The van der Waals surface area contributed by atoms with Crippen LogP contribution in [0, 0.1) is 5.92 Å². The number of carbonyl (C=O) groups excluding carboxylic acids is 2. The smallest absolute Gasteiger partial charge is 0.316 e. The van der Waals surface area contributed by atoms with Gasteiger partial charge in [0.2, 0.25) is 0 Å². The minimum Gasteiger partial charge on any atom is -0.395 e. The van der Waals surface area contributed by atoms with Crippen molar-refractivity contribution < 1.29 is 14.3 Å². The summed E-state index contributed by atoms with van der Waals surface area (Å²) < 4.78 is 4.28. The highest BCUT2D eigenvalue weighted by molar-refractivity contribution is 5.78. The van der Waals surface area contributed by atoms with E-state index < -0.39 is 5.97 Å². The Labute approximate surface area is 92.2 Å². The molecule has 0 N–H and O–H groups in total. The zero-order chi connectivity index (χ0) is 11.5. The minimum atomic E-state index is -0.404. The van der Waals surface area contributed by atoms with Gasteiger partial charge in [-0.3, -0.25) is 9.59 Å². The molecule has 0 saturated heterocycles. The Hall–Kier alpha value is -0.860. The molecule has 0 aromatic rings. The van der Waals surface area contributed by atoms with Crippen LogP contribution < -0.4 is 0 Å². The Kier molecular flexibility index (Phi) is 9.13. The van der Waals surface area contributed by atoms with Crippen LogP contribution in [-0.4, -0.2) is 12.4 Å². The molecule has 0 saturated carbocycles. The van der Waals surface area contributed by atoms with Gasteiger partial charge in [0.05, 0.1) is 5.92 Å². The molecular formula is C12H22O3. The molecular weight excluding hydrogens is 192 g/mol. The third-order valence-electron chi connectivity index (χ3n) is 2.56. The van der Waals surface area contributed by atoms with Crippen molar-refractivity contribution in [2.45, 2.75) is 58.8 Å². The largest absolute Gasteiger partial charge is 0.395 e. The van der Waals surface area contributed by atoms with Crippen LogP contribution in [0.4, 0.5) is 0 Å². The predicted molar refractivity (Wildman–Crippen MR) is 59.3 cm³/mol. The van der Waals surface area contributed by atoms with Crippen molar-refractivity contribution in [1.29, 1.82) is 0 Å². The number of esters is 1. The molecule has 15 heavy (non-hydrogen) atoms. The zero-order valence-corrected chi connectivity index (χ0v) is 9.83. The predicted octanol–water partition coefficient (Wildman–Crippen LogP) is 3.07. The van der Waals surface area contributed by atoms with Gasteiger partial charge in [0, 0.05) is 0 Å². The van der Waals surface area contributed by atoms with Gasteiger partial charge in [-0.05, 0) is 6.42 Å². The first-order valence-corrected chi connectivity index (χ1v) is 5.86. The summed E-state index contributed by atoms with van der Waals surface area (Å²) in [7, 11) is 0. The second kappa shape index (κ2) is 9.69. The molecule has 1 unspecified atom stereocenters. The molecule has 3 heteroatoms. The van der Waals surface area contributed by atoms with Crippen molar-refractivity contribution in [2.24, 2.45) is 5.92 Å². The molecule has 0 aliphatic rings. The van der Waals surface area contributed by atoms with Crippen molar-refractivity contribution in [1.82, 2.24) is 0 Å². The van der Waals surface area contributed by atoms with Gasteiger partial charge in [0.15, 0.2) is 0 Å². The molecule has 0 fully saturated rings. The Morgan fingerprint density at radius 2 is 1.80 bits per heavy atom. The Morgan fingerprint density at radius 3 is 2.40 bits per heavy atom. The number of ether oxygens (including phenoxy) is 1. The van der Waals surface area contributed by atoms with E-state index in [0.29, 0.717) is 0 Å². The second-order valence-electron chi connectivity index (χ2n) is 3.99. The monoisotopic (exact) mass is 214 g/mol. The van der Waals surface area contributed by atoms with Gasteiger partial charge in [0.25, 0.3) is 0 Å². The van der Waals surface area contributed by atoms with Gasteiger partial charge in [-0.2, -0.15) is 0 Å². The fraction of sp³-hybridized carbons (Fsp3) is 0.833. The average molecular weight is 214 g/mol. The Morgan fingerprint density at radius 1 is 1.20 bits per heavy atom. The normalized spacial score (nSPS) is 12.1. The van der Waals surface area contributed by atoms with Crippen molar-refractivity contribution >= 4 is 12.4 Å². The van der Waals surface area contributed by atoms with E-state index in [1.54, 1.807) is 6.92 Å². The molecule has 0 rings (SSSR count). The Balaban J connectivity index is 3.34. The fourth-order valence-electron chi connectivity index (χ4n) is 1.51. The van der Waals surface area contributed by atoms with Gasteiger partial charge in [-0.15, -0.1) is 0 Å². The highest BCUT2D eigenvalue weighted by Gasteiger charge is 2.13. The maximum Gasteiger partial charge on any atom is 0.316 e. The lowest BCUT2D eigenvalue weighted by atomic mass is 10.0. The van der Waals surface area contributed by atoms with Crippen LogP contribution >= 0.6 is 0 Å². The maximum absolute atomic E-state index is 11.1. The summed E-state index contributed by atoms with van der Waals surface area (Å²) in [5.41, 5.74) is 0. The van der Waals surface area contributed by atoms with Gasteiger partial charge < -0.3 is 4.74 Å². The summed E-state index contributed by atoms with van der Waals surface area (Å²) in [5.74, 6) is -0.556. The van der Waals surface area contributed by atoms with E-state index in [4.69, 9.17) is 0 Å². The standard InChI is InChI=1S/C12H22O3/c1-3-4-5-6-7-8-9-11(2)12(14)15-10-13/h10-11H,3-9H2,1-2H3. The van der Waals surface area contributed by atoms with Crippen molar-refractivity contribution in [3.8, 4) is 0 Å². The fourth-order valence-corrected chi connectivity index (χ4v) is 1.51. The van der Waals surface area contributed by atoms with E-state index in [9.17, 15) is 9.59 Å². The molecule has 3 nitrogen and oxygen atoms in total. The molecule has 0 aliphatic heterocycles. The summed E-state index contributed by atoms with van der Waals surface area (Å²) in [6.07, 6.45) is 8.09. The molecule has 0 radical (unpaired) electrons. The summed E-state index contributed by atoms with van der Waals surface area (Å²) in [4.78, 5) is 21.0. The van der Waals surface area contributed by atoms with Crippen LogP contribution in [0.3, 0.4) is 0 Å². The van der Waals surface area contributed by atoms with Crippen LogP contribution in [0.2, 0.25) is 0 Å². The van der Waals surface area contributed by atoms with E-state index >= 15 is 0 Å². The lowest BCUT2D eigenvalue weighted by Gasteiger charge is -2.07. The van der Waals surface area contributed by atoms with Gasteiger partial charge in [-0.25, -0.2) is 0 Å². The van der Waals surface area contributed by atoms with Crippen LogP contribution in [0.5, 0.6) is 0 Å². The van der Waals surface area contributed by atoms with Gasteiger partial charge >= 0.3 is 12.4 Å². The molecule has 0 bridgehead atoms. The van der Waals surface area contributed by atoms with Crippen LogP contribution in [-0.2, 0) is 14.3 Å². The molecule has 0 spiro atoms. The first-order chi connectivity index (χ1) is 7.22. The lowest BCUT2D eigenvalue weighted by molar-refractivity contribution is -0.154. The zero-order valence-electron chi connectivity index (χ0n) is 9.83. The minimum absolute atomic E-state index is 0.152. The van der Waals surface area contributed by atoms with Gasteiger partial charge in [-0.1, -0.05) is 52.4 Å². The molecule has 0 aromatic heterocycles. The SMILES string of the molecule is CCCCCCCCC(C)C(=O)OC=O. The topological polar surface area (TPSA) is 43.4 Å². The first kappa shape index (κ1) is 14.1. The third-order valence-corrected chi connectivity index (χ3v) is 2.56.